The van der Waals surface area contributed by atoms with E-state index in [2.05, 4.69) is 17.9 Å². The van der Waals surface area contributed by atoms with Crippen molar-refractivity contribution in [3.05, 3.63) is 28.8 Å². The molecule has 0 radical (unpaired) electrons. The molecule has 6 heteroatoms. The van der Waals surface area contributed by atoms with E-state index in [-0.39, 0.29) is 11.8 Å². The summed E-state index contributed by atoms with van der Waals surface area (Å²) in [7, 11) is 1.72. The fourth-order valence-corrected chi connectivity index (χ4v) is 2.29. The molecular weight excluding hydrogens is 272 g/mol. The van der Waals surface area contributed by atoms with Crippen molar-refractivity contribution in [3.63, 3.8) is 0 Å². The SMILES string of the molecule is CN1CCC(NC(=O)c2cc(S)ccc2Cl)C1=O. The Morgan fingerprint density at radius 1 is 1.56 bits per heavy atom. The zero-order chi connectivity index (χ0) is 13.3. The van der Waals surface area contributed by atoms with Gasteiger partial charge >= 0.3 is 0 Å². The predicted octanol–water partition coefficient (Wildman–Crippen LogP) is 1.59. The molecule has 0 bridgehead atoms. The molecule has 0 saturated carbocycles. The van der Waals surface area contributed by atoms with Crippen LogP contribution in [0.25, 0.3) is 0 Å². The molecule has 18 heavy (non-hydrogen) atoms. The number of hydrogen-bond donors (Lipinski definition) is 2. The zero-order valence-electron chi connectivity index (χ0n) is 9.81. The summed E-state index contributed by atoms with van der Waals surface area (Å²) in [5.41, 5.74) is 0.339. The number of carbonyl (C=O) groups is 2. The highest BCUT2D eigenvalue weighted by Gasteiger charge is 2.30. The van der Waals surface area contributed by atoms with Crippen molar-refractivity contribution in [2.75, 3.05) is 13.6 Å². The van der Waals surface area contributed by atoms with Crippen molar-refractivity contribution < 1.29 is 9.59 Å². The van der Waals surface area contributed by atoms with Gasteiger partial charge in [0.15, 0.2) is 0 Å². The van der Waals surface area contributed by atoms with Gasteiger partial charge in [-0.3, -0.25) is 9.59 Å². The molecule has 2 rings (SSSR count). The molecule has 0 aliphatic carbocycles. The summed E-state index contributed by atoms with van der Waals surface area (Å²) in [5.74, 6) is -0.411. The molecule has 0 aromatic heterocycles. The van der Waals surface area contributed by atoms with E-state index in [1.54, 1.807) is 30.1 Å². The second-order valence-electron chi connectivity index (χ2n) is 4.24. The lowest BCUT2D eigenvalue weighted by atomic mass is 10.2. The van der Waals surface area contributed by atoms with Gasteiger partial charge in [0.2, 0.25) is 5.91 Å². The number of nitrogens with zero attached hydrogens (tertiary/aromatic N) is 1. The number of likely N-dealkylation sites (N-methyl/N-ethyl adjacent to an activating group) is 1. The Kier molecular flexibility index (Phi) is 3.82. The summed E-state index contributed by atoms with van der Waals surface area (Å²) in [6.07, 6.45) is 0.624. The second kappa shape index (κ2) is 5.20. The number of benzene rings is 1. The standard InChI is InChI=1S/C12H13ClN2O2S/c1-15-5-4-10(12(15)17)14-11(16)8-6-7(18)2-3-9(8)13/h2-3,6,10,18H,4-5H2,1H3,(H,14,16). The third-order valence-electron chi connectivity index (χ3n) is 2.93. The fraction of sp³-hybridized carbons (Fsp3) is 0.333. The largest absolute Gasteiger partial charge is 0.344 e. The van der Waals surface area contributed by atoms with E-state index in [0.29, 0.717) is 28.4 Å². The van der Waals surface area contributed by atoms with Crippen LogP contribution >= 0.6 is 24.2 Å². The maximum absolute atomic E-state index is 12.0. The van der Waals surface area contributed by atoms with E-state index in [0.717, 1.165) is 0 Å². The summed E-state index contributed by atoms with van der Waals surface area (Å²) >= 11 is 10.1. The van der Waals surface area contributed by atoms with Gasteiger partial charge in [0.25, 0.3) is 5.91 Å². The van der Waals surface area contributed by atoms with Crippen LogP contribution in [0.15, 0.2) is 23.1 Å². The number of nitrogens with one attached hydrogen (secondary N) is 1. The van der Waals surface area contributed by atoms with Gasteiger partial charge in [0, 0.05) is 18.5 Å². The normalized spacial score (nSPS) is 19.2. The molecule has 2 amide bonds. The Balaban J connectivity index is 2.13. The van der Waals surface area contributed by atoms with Gasteiger partial charge in [-0.2, -0.15) is 0 Å². The van der Waals surface area contributed by atoms with Gasteiger partial charge < -0.3 is 10.2 Å². The van der Waals surface area contributed by atoms with Crippen LogP contribution in [0.3, 0.4) is 0 Å². The van der Waals surface area contributed by atoms with Crippen LogP contribution in [-0.2, 0) is 4.79 Å². The van der Waals surface area contributed by atoms with Crippen molar-refractivity contribution in [1.29, 1.82) is 0 Å². The summed E-state index contributed by atoms with van der Waals surface area (Å²) in [6, 6.07) is 4.45. The minimum absolute atomic E-state index is 0.0681. The zero-order valence-corrected chi connectivity index (χ0v) is 11.5. The molecule has 1 atom stereocenters. The molecule has 1 aliphatic rings. The Morgan fingerprint density at radius 3 is 2.89 bits per heavy atom. The van der Waals surface area contributed by atoms with Crippen LogP contribution in [0.1, 0.15) is 16.8 Å². The highest BCUT2D eigenvalue weighted by Crippen LogP contribution is 2.20. The van der Waals surface area contributed by atoms with E-state index in [4.69, 9.17) is 11.6 Å². The maximum Gasteiger partial charge on any atom is 0.253 e. The first kappa shape index (κ1) is 13.2. The van der Waals surface area contributed by atoms with E-state index >= 15 is 0 Å². The molecule has 1 N–H and O–H groups in total. The van der Waals surface area contributed by atoms with Crippen LogP contribution in [0.5, 0.6) is 0 Å². The third-order valence-corrected chi connectivity index (χ3v) is 3.54. The summed E-state index contributed by atoms with van der Waals surface area (Å²) in [4.78, 5) is 26.0. The molecule has 1 fully saturated rings. The van der Waals surface area contributed by atoms with Gasteiger partial charge in [0.05, 0.1) is 10.6 Å². The van der Waals surface area contributed by atoms with Crippen LogP contribution in [0, 0.1) is 0 Å². The van der Waals surface area contributed by atoms with Gasteiger partial charge in [-0.25, -0.2) is 0 Å². The van der Waals surface area contributed by atoms with Gasteiger partial charge in [-0.05, 0) is 24.6 Å². The fourth-order valence-electron chi connectivity index (χ4n) is 1.88. The average Bonchev–Trinajstić information content (AvgIpc) is 2.64. The first-order valence-electron chi connectivity index (χ1n) is 5.53. The Hall–Kier alpha value is -1.20. The summed E-state index contributed by atoms with van der Waals surface area (Å²) in [6.45, 7) is 0.657. The number of halogens is 1. The van der Waals surface area contributed by atoms with Crippen LogP contribution in [0.4, 0.5) is 0 Å². The lowest BCUT2D eigenvalue weighted by Gasteiger charge is -2.13. The minimum Gasteiger partial charge on any atom is -0.344 e. The maximum atomic E-state index is 12.0. The third kappa shape index (κ3) is 2.62. The quantitative estimate of drug-likeness (QED) is 0.811. The average molecular weight is 285 g/mol. The monoisotopic (exact) mass is 284 g/mol. The smallest absolute Gasteiger partial charge is 0.253 e. The van der Waals surface area contributed by atoms with Crippen LogP contribution < -0.4 is 5.32 Å². The van der Waals surface area contributed by atoms with E-state index in [9.17, 15) is 9.59 Å². The highest BCUT2D eigenvalue weighted by atomic mass is 35.5. The number of amides is 2. The lowest BCUT2D eigenvalue weighted by Crippen LogP contribution is -2.40. The summed E-state index contributed by atoms with van der Waals surface area (Å²) in [5, 5.41) is 3.05. The Bertz CT molecular complexity index is 507. The van der Waals surface area contributed by atoms with Crippen molar-refractivity contribution in [3.8, 4) is 0 Å². The summed E-state index contributed by atoms with van der Waals surface area (Å²) < 4.78 is 0. The van der Waals surface area contributed by atoms with E-state index in [1.165, 1.54) is 0 Å². The first-order chi connectivity index (χ1) is 8.49. The molecule has 1 aliphatic heterocycles. The van der Waals surface area contributed by atoms with Crippen molar-refractivity contribution >= 4 is 36.0 Å². The van der Waals surface area contributed by atoms with Crippen molar-refractivity contribution in [1.82, 2.24) is 10.2 Å². The predicted molar refractivity (Wildman–Crippen MR) is 72.2 cm³/mol. The van der Waals surface area contributed by atoms with Gasteiger partial charge in [0.1, 0.15) is 6.04 Å². The van der Waals surface area contributed by atoms with E-state index < -0.39 is 6.04 Å². The van der Waals surface area contributed by atoms with E-state index in [1.807, 2.05) is 0 Å². The molecule has 1 unspecified atom stereocenters. The topological polar surface area (TPSA) is 49.4 Å². The molecule has 96 valence electrons. The molecule has 1 heterocycles. The molecule has 1 aromatic carbocycles. The molecule has 0 spiro atoms. The highest BCUT2D eigenvalue weighted by molar-refractivity contribution is 7.80. The van der Waals surface area contributed by atoms with Crippen molar-refractivity contribution in [2.24, 2.45) is 0 Å². The van der Waals surface area contributed by atoms with Crippen LogP contribution in [0.2, 0.25) is 5.02 Å². The number of rotatable bonds is 2. The Morgan fingerprint density at radius 2 is 2.28 bits per heavy atom. The van der Waals surface area contributed by atoms with Gasteiger partial charge in [-0.1, -0.05) is 11.6 Å². The molecule has 4 nitrogen and oxygen atoms in total. The Labute approximate surface area is 116 Å². The number of carbonyl (C=O) groups excluding carboxylic acids is 2. The lowest BCUT2D eigenvalue weighted by molar-refractivity contribution is -0.128. The first-order valence-corrected chi connectivity index (χ1v) is 6.36. The second-order valence-corrected chi connectivity index (χ2v) is 5.16. The minimum atomic E-state index is -0.456. The van der Waals surface area contributed by atoms with Crippen molar-refractivity contribution in [2.45, 2.75) is 17.4 Å². The number of likely N-dealkylation sites (tertiary alicyclic amines) is 1. The molecule has 1 saturated heterocycles. The molecule has 1 aromatic rings. The van der Waals surface area contributed by atoms with Gasteiger partial charge in [-0.15, -0.1) is 12.6 Å². The molecular formula is C12H13ClN2O2S. The van der Waals surface area contributed by atoms with Crippen LogP contribution in [-0.4, -0.2) is 36.3 Å². The number of hydrogen-bond acceptors (Lipinski definition) is 3. The number of thiol groups is 1.